The van der Waals surface area contributed by atoms with Crippen LogP contribution in [-0.2, 0) is 0 Å². The lowest BCUT2D eigenvalue weighted by atomic mass is 10.1. The third-order valence-corrected chi connectivity index (χ3v) is 3.24. The summed E-state index contributed by atoms with van der Waals surface area (Å²) in [4.78, 5) is 0. The number of nitrogens with zero attached hydrogens (tertiary/aromatic N) is 3. The minimum Gasteiger partial charge on any atom is -0.356 e. The van der Waals surface area contributed by atoms with Gasteiger partial charge in [0.1, 0.15) is 0 Å². The van der Waals surface area contributed by atoms with Gasteiger partial charge in [0.2, 0.25) is 0 Å². The van der Waals surface area contributed by atoms with Crippen molar-refractivity contribution in [1.82, 2.24) is 15.2 Å². The van der Waals surface area contributed by atoms with Gasteiger partial charge < -0.3 is 9.53 Å². The molecule has 1 aliphatic rings. The molecule has 1 atom stereocenters. The highest BCUT2D eigenvalue weighted by atomic mass is 16.5. The van der Waals surface area contributed by atoms with Gasteiger partial charge in [-0.1, -0.05) is 19.0 Å². The van der Waals surface area contributed by atoms with Crippen LogP contribution in [0.25, 0.3) is 5.57 Å². The highest BCUT2D eigenvalue weighted by Crippen LogP contribution is 2.29. The van der Waals surface area contributed by atoms with E-state index < -0.39 is 0 Å². The van der Waals surface area contributed by atoms with Crippen molar-refractivity contribution in [3.63, 3.8) is 0 Å². The molecule has 0 aliphatic carbocycles. The first-order chi connectivity index (χ1) is 7.50. The standard InChI is InChI=1S/C12H19N3O/c1-8(2)11-6-12(16-13-11)10-7-14(4)15(5)9(10)3/h6-9H,1-5H3. The average molecular weight is 221 g/mol. The van der Waals surface area contributed by atoms with Crippen molar-refractivity contribution in [2.45, 2.75) is 32.7 Å². The van der Waals surface area contributed by atoms with Gasteiger partial charge in [-0.3, -0.25) is 0 Å². The summed E-state index contributed by atoms with van der Waals surface area (Å²) in [6.07, 6.45) is 2.09. The monoisotopic (exact) mass is 221 g/mol. The van der Waals surface area contributed by atoms with Crippen molar-refractivity contribution in [3.05, 3.63) is 23.7 Å². The van der Waals surface area contributed by atoms with Crippen LogP contribution in [0.5, 0.6) is 0 Å². The third-order valence-electron chi connectivity index (χ3n) is 3.24. The molecule has 0 bridgehead atoms. The van der Waals surface area contributed by atoms with Crippen molar-refractivity contribution in [3.8, 4) is 0 Å². The Bertz CT molecular complexity index is 408. The fourth-order valence-corrected chi connectivity index (χ4v) is 1.84. The van der Waals surface area contributed by atoms with Crippen LogP contribution in [0.2, 0.25) is 0 Å². The van der Waals surface area contributed by atoms with Crippen LogP contribution in [-0.4, -0.2) is 35.3 Å². The van der Waals surface area contributed by atoms with E-state index in [1.807, 2.05) is 13.1 Å². The first-order valence-corrected chi connectivity index (χ1v) is 5.65. The van der Waals surface area contributed by atoms with Crippen molar-refractivity contribution < 1.29 is 4.52 Å². The molecule has 1 aromatic heterocycles. The number of hydrogen-bond acceptors (Lipinski definition) is 4. The predicted molar refractivity (Wildman–Crippen MR) is 63.6 cm³/mol. The molecular weight excluding hydrogens is 202 g/mol. The van der Waals surface area contributed by atoms with Crippen LogP contribution >= 0.6 is 0 Å². The minimum atomic E-state index is 0.331. The Hall–Kier alpha value is -1.29. The lowest BCUT2D eigenvalue weighted by molar-refractivity contribution is 0.0820. The van der Waals surface area contributed by atoms with Gasteiger partial charge in [-0.05, 0) is 12.8 Å². The predicted octanol–water partition coefficient (Wildman–Crippen LogP) is 2.32. The van der Waals surface area contributed by atoms with E-state index in [9.17, 15) is 0 Å². The summed E-state index contributed by atoms with van der Waals surface area (Å²) in [7, 11) is 4.09. The van der Waals surface area contributed by atoms with Crippen molar-refractivity contribution >= 4 is 5.57 Å². The summed E-state index contributed by atoms with van der Waals surface area (Å²) in [5.74, 6) is 1.29. The van der Waals surface area contributed by atoms with Crippen molar-refractivity contribution in [2.24, 2.45) is 0 Å². The summed E-state index contributed by atoms with van der Waals surface area (Å²) in [6.45, 7) is 6.39. The second-order valence-corrected chi connectivity index (χ2v) is 4.68. The van der Waals surface area contributed by atoms with E-state index in [4.69, 9.17) is 4.52 Å². The topological polar surface area (TPSA) is 32.5 Å². The highest BCUT2D eigenvalue weighted by Gasteiger charge is 2.27. The Kier molecular flexibility index (Phi) is 2.76. The van der Waals surface area contributed by atoms with Gasteiger partial charge >= 0.3 is 0 Å². The first-order valence-electron chi connectivity index (χ1n) is 5.65. The first kappa shape index (κ1) is 11.2. The minimum absolute atomic E-state index is 0.331. The van der Waals surface area contributed by atoms with Gasteiger partial charge in [0.25, 0.3) is 0 Å². The van der Waals surface area contributed by atoms with Crippen LogP contribution < -0.4 is 0 Å². The zero-order valence-corrected chi connectivity index (χ0v) is 10.6. The van der Waals surface area contributed by atoms with E-state index in [0.717, 1.165) is 11.5 Å². The molecule has 1 unspecified atom stereocenters. The Morgan fingerprint density at radius 2 is 2.06 bits per heavy atom. The van der Waals surface area contributed by atoms with E-state index in [2.05, 4.69) is 49.2 Å². The van der Waals surface area contributed by atoms with E-state index in [1.54, 1.807) is 0 Å². The molecule has 4 heteroatoms. The Morgan fingerprint density at radius 1 is 1.38 bits per heavy atom. The molecule has 0 aromatic carbocycles. The summed E-state index contributed by atoms with van der Waals surface area (Å²) in [6, 6.07) is 2.37. The molecule has 1 aliphatic heterocycles. The molecule has 1 aromatic rings. The average Bonchev–Trinajstić information content (AvgIpc) is 2.79. The highest BCUT2D eigenvalue weighted by molar-refractivity contribution is 5.66. The summed E-state index contributed by atoms with van der Waals surface area (Å²) >= 11 is 0. The van der Waals surface area contributed by atoms with E-state index >= 15 is 0 Å². The lowest BCUT2D eigenvalue weighted by Gasteiger charge is -2.24. The Morgan fingerprint density at radius 3 is 2.50 bits per heavy atom. The maximum Gasteiger partial charge on any atom is 0.166 e. The molecule has 0 N–H and O–H groups in total. The molecule has 88 valence electrons. The van der Waals surface area contributed by atoms with Crippen LogP contribution in [0.4, 0.5) is 0 Å². The molecule has 0 spiro atoms. The van der Waals surface area contributed by atoms with Gasteiger partial charge in [-0.2, -0.15) is 0 Å². The zero-order chi connectivity index (χ0) is 11.9. The normalized spacial score (nSPS) is 22.0. The molecule has 16 heavy (non-hydrogen) atoms. The van der Waals surface area contributed by atoms with Gasteiger partial charge in [-0.25, -0.2) is 5.01 Å². The Balaban J connectivity index is 2.28. The third kappa shape index (κ3) is 1.73. The maximum absolute atomic E-state index is 5.41. The van der Waals surface area contributed by atoms with E-state index in [0.29, 0.717) is 12.0 Å². The van der Waals surface area contributed by atoms with Crippen LogP contribution in [0.3, 0.4) is 0 Å². The number of likely N-dealkylation sites (N-methyl/N-ethyl adjacent to an activating group) is 1. The van der Waals surface area contributed by atoms with Gasteiger partial charge in [-0.15, -0.1) is 0 Å². The van der Waals surface area contributed by atoms with E-state index in [-0.39, 0.29) is 0 Å². The van der Waals surface area contributed by atoms with Crippen LogP contribution in [0.15, 0.2) is 16.8 Å². The van der Waals surface area contributed by atoms with E-state index in [1.165, 1.54) is 5.57 Å². The smallest absolute Gasteiger partial charge is 0.166 e. The van der Waals surface area contributed by atoms with Crippen molar-refractivity contribution in [2.75, 3.05) is 14.1 Å². The van der Waals surface area contributed by atoms with Crippen LogP contribution in [0, 0.1) is 0 Å². The molecule has 0 saturated heterocycles. The van der Waals surface area contributed by atoms with Crippen molar-refractivity contribution in [1.29, 1.82) is 0 Å². The molecule has 0 fully saturated rings. The molecule has 4 nitrogen and oxygen atoms in total. The lowest BCUT2D eigenvalue weighted by Crippen LogP contribution is -2.33. The van der Waals surface area contributed by atoms with Gasteiger partial charge in [0.05, 0.1) is 11.7 Å². The molecule has 0 saturated carbocycles. The molecule has 0 amide bonds. The van der Waals surface area contributed by atoms with Gasteiger partial charge in [0.15, 0.2) is 5.76 Å². The molecule has 2 rings (SSSR count). The molecule has 0 radical (unpaired) electrons. The fourth-order valence-electron chi connectivity index (χ4n) is 1.84. The second kappa shape index (κ2) is 3.94. The summed E-state index contributed by atoms with van der Waals surface area (Å²) < 4.78 is 5.41. The van der Waals surface area contributed by atoms with Crippen LogP contribution in [0.1, 0.15) is 38.1 Å². The number of rotatable bonds is 2. The number of hydrazine groups is 1. The SMILES string of the molecule is CC(C)c1cc(C2=CN(C)N(C)C2C)on1. The fraction of sp³-hybridized carbons (Fsp3) is 0.583. The second-order valence-electron chi connectivity index (χ2n) is 4.68. The molecular formula is C12H19N3O. The Labute approximate surface area is 96.5 Å². The maximum atomic E-state index is 5.41. The summed E-state index contributed by atoms with van der Waals surface area (Å²) in [5.41, 5.74) is 2.20. The quantitative estimate of drug-likeness (QED) is 0.767. The number of hydrogen-bond donors (Lipinski definition) is 0. The summed E-state index contributed by atoms with van der Waals surface area (Å²) in [5, 5.41) is 8.32. The number of aromatic nitrogens is 1. The zero-order valence-electron chi connectivity index (χ0n) is 10.6. The van der Waals surface area contributed by atoms with Gasteiger partial charge in [0, 0.05) is 31.9 Å². The molecule has 2 heterocycles. The largest absolute Gasteiger partial charge is 0.356 e.